The number of nitrogen functional groups attached to an aromatic ring is 1. The van der Waals surface area contributed by atoms with E-state index in [4.69, 9.17) is 11.1 Å². The topological polar surface area (TPSA) is 59.1 Å². The zero-order chi connectivity index (χ0) is 10.7. The van der Waals surface area contributed by atoms with Crippen LogP contribution in [-0.4, -0.2) is 10.3 Å². The molecule has 1 aromatic rings. The van der Waals surface area contributed by atoms with Crippen molar-refractivity contribution in [3.63, 3.8) is 0 Å². The van der Waals surface area contributed by atoms with Gasteiger partial charge in [0.1, 0.15) is 9.47 Å². The number of nitrogens with one attached hydrogen (secondary N) is 1. The summed E-state index contributed by atoms with van der Waals surface area (Å²) in [5.41, 5.74) is 6.29. The Bertz CT molecular complexity index is 357. The van der Waals surface area contributed by atoms with Gasteiger partial charge in [-0.3, -0.25) is 5.41 Å². The maximum Gasteiger partial charge on any atom is 0.387 e. The van der Waals surface area contributed by atoms with Crippen LogP contribution in [0.1, 0.15) is 5.56 Å². The first-order valence-corrected chi connectivity index (χ1v) is 4.67. The molecule has 0 aromatic heterocycles. The summed E-state index contributed by atoms with van der Waals surface area (Å²) in [7, 11) is 0. The fourth-order valence-corrected chi connectivity index (χ4v) is 1.37. The molecule has 3 N–H and O–H groups in total. The van der Waals surface area contributed by atoms with E-state index in [0.717, 1.165) is 0 Å². The summed E-state index contributed by atoms with van der Waals surface area (Å²) in [6.45, 7) is -2.87. The van der Waals surface area contributed by atoms with E-state index in [9.17, 15) is 8.78 Å². The molecule has 0 aliphatic rings. The van der Waals surface area contributed by atoms with Crippen LogP contribution in [0.25, 0.3) is 0 Å². The van der Waals surface area contributed by atoms with Gasteiger partial charge in [-0.15, -0.1) is 0 Å². The highest BCUT2D eigenvalue weighted by Crippen LogP contribution is 2.23. The Hall–Kier alpha value is -0.920. The van der Waals surface area contributed by atoms with Gasteiger partial charge < -0.3 is 10.5 Å². The van der Waals surface area contributed by atoms with Crippen molar-refractivity contribution in [3.8, 4) is 5.75 Å². The van der Waals surface area contributed by atoms with Gasteiger partial charge in [-0.05, 0) is 40.8 Å². The Balaban J connectivity index is 3.00. The molecule has 0 aliphatic heterocycles. The normalized spacial score (nSPS) is 10.3. The lowest BCUT2D eigenvalue weighted by Crippen LogP contribution is -2.04. The molecular weight excluding hydrogens is 305 g/mol. The predicted molar refractivity (Wildman–Crippen MR) is 58.3 cm³/mol. The van der Waals surface area contributed by atoms with Crippen molar-refractivity contribution in [2.45, 2.75) is 6.61 Å². The van der Waals surface area contributed by atoms with Gasteiger partial charge in [0.25, 0.3) is 0 Å². The molecule has 0 radical (unpaired) electrons. The molecule has 3 nitrogen and oxygen atoms in total. The molecule has 6 heteroatoms. The van der Waals surface area contributed by atoms with Gasteiger partial charge in [0.15, 0.2) is 0 Å². The predicted octanol–water partition coefficient (Wildman–Crippen LogP) is 2.63. The SMILES string of the molecule is N=C(I)c1cc(OC(F)F)ccc1N. The third kappa shape index (κ3) is 2.79. The van der Waals surface area contributed by atoms with E-state index in [2.05, 4.69) is 4.74 Å². The van der Waals surface area contributed by atoms with Crippen LogP contribution < -0.4 is 10.5 Å². The fourth-order valence-electron chi connectivity index (χ4n) is 0.902. The first-order valence-electron chi connectivity index (χ1n) is 3.59. The van der Waals surface area contributed by atoms with Gasteiger partial charge in [-0.25, -0.2) is 0 Å². The Labute approximate surface area is 92.9 Å². The van der Waals surface area contributed by atoms with Gasteiger partial charge in [0.05, 0.1) is 0 Å². The molecular formula is C8H7F2IN2O. The second-order valence-electron chi connectivity index (χ2n) is 2.44. The standard InChI is InChI=1S/C8H7F2IN2O/c9-8(10)14-4-1-2-6(12)5(3-4)7(11)13/h1-3,8,13H,12H2. The molecule has 1 aromatic carbocycles. The Morgan fingerprint density at radius 3 is 2.64 bits per heavy atom. The molecule has 1 rings (SSSR count). The van der Waals surface area contributed by atoms with E-state index in [1.54, 1.807) is 22.6 Å². The van der Waals surface area contributed by atoms with Gasteiger partial charge >= 0.3 is 6.61 Å². The van der Waals surface area contributed by atoms with Crippen LogP contribution in [-0.2, 0) is 0 Å². The molecule has 0 aliphatic carbocycles. The average Bonchev–Trinajstić information content (AvgIpc) is 2.07. The van der Waals surface area contributed by atoms with Crippen LogP contribution in [0.5, 0.6) is 5.75 Å². The molecule has 14 heavy (non-hydrogen) atoms. The summed E-state index contributed by atoms with van der Waals surface area (Å²) < 4.78 is 28.0. The smallest absolute Gasteiger partial charge is 0.387 e. The van der Waals surface area contributed by atoms with Crippen molar-refractivity contribution in [2.75, 3.05) is 5.73 Å². The Morgan fingerprint density at radius 1 is 1.50 bits per heavy atom. The third-order valence-electron chi connectivity index (χ3n) is 1.49. The summed E-state index contributed by atoms with van der Waals surface area (Å²) in [5, 5.41) is 7.32. The second kappa shape index (κ2) is 4.54. The highest BCUT2D eigenvalue weighted by molar-refractivity contribution is 14.1. The molecule has 76 valence electrons. The minimum atomic E-state index is -2.87. The van der Waals surface area contributed by atoms with Crippen LogP contribution in [0.3, 0.4) is 0 Å². The lowest BCUT2D eigenvalue weighted by molar-refractivity contribution is -0.0498. The maximum absolute atomic E-state index is 11.8. The lowest BCUT2D eigenvalue weighted by Gasteiger charge is -2.07. The number of halogens is 3. The summed E-state index contributed by atoms with van der Waals surface area (Å²) >= 11 is 1.74. The third-order valence-corrected chi connectivity index (χ3v) is 2.07. The van der Waals surface area contributed by atoms with Gasteiger partial charge in [-0.2, -0.15) is 8.78 Å². The first-order chi connectivity index (χ1) is 6.50. The van der Waals surface area contributed by atoms with E-state index in [0.29, 0.717) is 11.3 Å². The number of hydrogen-bond donors (Lipinski definition) is 2. The summed E-state index contributed by atoms with van der Waals surface area (Å²) in [6.07, 6.45) is 0. The van der Waals surface area contributed by atoms with Crippen molar-refractivity contribution in [1.82, 2.24) is 0 Å². The number of ether oxygens (including phenoxy) is 1. The number of alkyl halides is 2. The molecule has 0 amide bonds. The van der Waals surface area contributed by atoms with Crippen LogP contribution in [0.15, 0.2) is 18.2 Å². The van der Waals surface area contributed by atoms with Gasteiger partial charge in [0.2, 0.25) is 0 Å². The molecule has 0 spiro atoms. The Kier molecular flexibility index (Phi) is 3.62. The lowest BCUT2D eigenvalue weighted by atomic mass is 10.2. The van der Waals surface area contributed by atoms with Crippen molar-refractivity contribution in [1.29, 1.82) is 5.41 Å². The Morgan fingerprint density at radius 2 is 2.14 bits per heavy atom. The summed E-state index contributed by atoms with van der Waals surface area (Å²) in [5.74, 6) is 0.00520. The minimum absolute atomic E-state index is 0.00520. The van der Waals surface area contributed by atoms with Crippen LogP contribution in [0, 0.1) is 5.41 Å². The molecule has 0 unspecified atom stereocenters. The number of benzene rings is 1. The van der Waals surface area contributed by atoms with Crippen molar-refractivity contribution in [3.05, 3.63) is 23.8 Å². The van der Waals surface area contributed by atoms with Crippen LogP contribution >= 0.6 is 22.6 Å². The van der Waals surface area contributed by atoms with E-state index in [1.807, 2.05) is 0 Å². The molecule has 0 saturated carbocycles. The van der Waals surface area contributed by atoms with Crippen LogP contribution in [0.4, 0.5) is 14.5 Å². The molecule has 0 fully saturated rings. The van der Waals surface area contributed by atoms with E-state index < -0.39 is 6.61 Å². The zero-order valence-electron chi connectivity index (χ0n) is 6.93. The largest absolute Gasteiger partial charge is 0.435 e. The van der Waals surface area contributed by atoms with Gasteiger partial charge in [0, 0.05) is 11.3 Å². The van der Waals surface area contributed by atoms with Crippen molar-refractivity contribution in [2.24, 2.45) is 0 Å². The molecule has 0 heterocycles. The van der Waals surface area contributed by atoms with E-state index >= 15 is 0 Å². The van der Waals surface area contributed by atoms with E-state index in [-0.39, 0.29) is 9.47 Å². The highest BCUT2D eigenvalue weighted by atomic mass is 127. The fraction of sp³-hybridized carbons (Fsp3) is 0.125. The number of rotatable bonds is 3. The summed E-state index contributed by atoms with van der Waals surface area (Å²) in [4.78, 5) is 0. The maximum atomic E-state index is 11.8. The highest BCUT2D eigenvalue weighted by Gasteiger charge is 2.08. The second-order valence-corrected chi connectivity index (χ2v) is 3.52. The summed E-state index contributed by atoms with van der Waals surface area (Å²) in [6, 6.07) is 4.08. The number of nitrogens with two attached hydrogens (primary N) is 1. The first kappa shape index (κ1) is 11.2. The minimum Gasteiger partial charge on any atom is -0.435 e. The monoisotopic (exact) mass is 312 g/mol. The van der Waals surface area contributed by atoms with E-state index in [1.165, 1.54) is 18.2 Å². The van der Waals surface area contributed by atoms with Crippen molar-refractivity contribution >= 4 is 32.0 Å². The van der Waals surface area contributed by atoms with Gasteiger partial charge in [-0.1, -0.05) is 0 Å². The molecule has 0 saturated heterocycles. The zero-order valence-corrected chi connectivity index (χ0v) is 9.09. The average molecular weight is 312 g/mol. The number of hydrogen-bond acceptors (Lipinski definition) is 3. The van der Waals surface area contributed by atoms with Crippen molar-refractivity contribution < 1.29 is 13.5 Å². The molecule has 0 atom stereocenters. The van der Waals surface area contributed by atoms with Crippen LogP contribution in [0.2, 0.25) is 0 Å². The molecule has 0 bridgehead atoms. The quantitative estimate of drug-likeness (QED) is 0.512. The number of anilines is 1.